The number of hydrogen-bond donors (Lipinski definition) is 4. The number of benzene rings is 2. The Labute approximate surface area is 210 Å². The van der Waals surface area contributed by atoms with Crippen LogP contribution >= 0.6 is 0 Å². The molecule has 4 rings (SSSR count). The summed E-state index contributed by atoms with van der Waals surface area (Å²) in [6.45, 7) is 8.00. The number of aryl methyl sites for hydroxylation is 2. The maximum atomic E-state index is 12.9. The van der Waals surface area contributed by atoms with Gasteiger partial charge in [0.05, 0.1) is 11.4 Å². The molecule has 0 aliphatic carbocycles. The molecule has 0 radical (unpaired) electrons. The zero-order valence-corrected chi connectivity index (χ0v) is 20.7. The molecule has 1 aromatic heterocycles. The third kappa shape index (κ3) is 5.75. The number of aromatic nitrogens is 2. The number of anilines is 2. The lowest BCUT2D eigenvalue weighted by atomic mass is 10.1. The Hall–Kier alpha value is -4.53. The van der Waals surface area contributed by atoms with Gasteiger partial charge < -0.3 is 21.1 Å². The quantitative estimate of drug-likeness (QED) is 0.392. The van der Waals surface area contributed by atoms with Crippen LogP contribution in [-0.4, -0.2) is 27.8 Å². The maximum Gasteiger partial charge on any atom is 0.324 e. The molecule has 3 aromatic rings. The lowest BCUT2D eigenvalue weighted by molar-refractivity contribution is -0.118. The zero-order chi connectivity index (χ0) is 25.8. The summed E-state index contributed by atoms with van der Waals surface area (Å²) in [5, 5.41) is 13.3. The van der Waals surface area contributed by atoms with E-state index in [0.717, 1.165) is 22.5 Å². The molecule has 9 nitrogen and oxygen atoms in total. The number of carbonyl (C=O) groups excluding carboxylic acids is 2. The van der Waals surface area contributed by atoms with Crippen molar-refractivity contribution in [3.05, 3.63) is 89.5 Å². The molecular weight excluding hydrogens is 456 g/mol. The molecule has 0 fully saturated rings. The molecule has 0 bridgehead atoms. The van der Waals surface area contributed by atoms with Gasteiger partial charge in [0, 0.05) is 18.0 Å². The van der Waals surface area contributed by atoms with Gasteiger partial charge in [0.15, 0.2) is 0 Å². The fraction of sp³-hybridized carbons (Fsp3) is 0.222. The summed E-state index contributed by atoms with van der Waals surface area (Å²) in [6, 6.07) is 14.1. The molecule has 2 aromatic carbocycles. The van der Waals surface area contributed by atoms with Crippen LogP contribution in [0, 0.1) is 13.8 Å². The molecule has 1 atom stereocenters. The number of primary amides is 1. The van der Waals surface area contributed by atoms with Crippen LogP contribution in [0.4, 0.5) is 16.3 Å². The average molecular weight is 487 g/mol. The topological polar surface area (TPSA) is 123 Å². The Morgan fingerprint density at radius 3 is 2.61 bits per heavy atom. The second kappa shape index (κ2) is 10.4. The van der Waals surface area contributed by atoms with E-state index in [0.29, 0.717) is 23.0 Å². The van der Waals surface area contributed by atoms with Crippen LogP contribution in [0.15, 0.2) is 72.6 Å². The fourth-order valence-corrected chi connectivity index (χ4v) is 3.71. The summed E-state index contributed by atoms with van der Waals surface area (Å²) in [4.78, 5) is 24.3. The van der Waals surface area contributed by atoms with Gasteiger partial charge in [-0.3, -0.25) is 10.1 Å². The van der Waals surface area contributed by atoms with E-state index < -0.39 is 11.9 Å². The Bertz CT molecular complexity index is 1360. The Morgan fingerprint density at radius 1 is 1.11 bits per heavy atom. The van der Waals surface area contributed by atoms with Gasteiger partial charge in [-0.2, -0.15) is 5.10 Å². The van der Waals surface area contributed by atoms with Gasteiger partial charge in [0.25, 0.3) is 0 Å². The normalized spacial score (nSPS) is 14.7. The number of dihydropyridines is 1. The smallest absolute Gasteiger partial charge is 0.324 e. The molecule has 36 heavy (non-hydrogen) atoms. The molecule has 9 heteroatoms. The number of urea groups is 1. The summed E-state index contributed by atoms with van der Waals surface area (Å²) >= 11 is 0. The van der Waals surface area contributed by atoms with Gasteiger partial charge in [-0.1, -0.05) is 26.0 Å². The van der Waals surface area contributed by atoms with Crippen LogP contribution in [0.5, 0.6) is 5.75 Å². The standard InChI is InChI=1S/C27H30N6O3/c1-16(2)22-15-25(33(32-22)20-7-5-6-17(3)12-20)31-27(35)30-19-8-9-24(18(4)13-19)36-21-10-11-29-23(14-21)26(28)34/h5-16,23,29H,1-4H3,(H2,28,34)(H2,30,31,35). The highest BCUT2D eigenvalue weighted by molar-refractivity contribution is 5.99. The summed E-state index contributed by atoms with van der Waals surface area (Å²) in [7, 11) is 0. The van der Waals surface area contributed by atoms with Gasteiger partial charge in [0.2, 0.25) is 5.91 Å². The first-order valence-electron chi connectivity index (χ1n) is 11.7. The minimum Gasteiger partial charge on any atom is -0.457 e. The van der Waals surface area contributed by atoms with E-state index in [2.05, 4.69) is 29.8 Å². The number of carbonyl (C=O) groups is 2. The number of rotatable bonds is 7. The van der Waals surface area contributed by atoms with E-state index in [1.54, 1.807) is 35.2 Å². The van der Waals surface area contributed by atoms with Crippen molar-refractivity contribution < 1.29 is 14.3 Å². The molecule has 3 amide bonds. The maximum absolute atomic E-state index is 12.9. The van der Waals surface area contributed by atoms with Crippen molar-refractivity contribution in [3.63, 3.8) is 0 Å². The van der Waals surface area contributed by atoms with Crippen molar-refractivity contribution >= 4 is 23.4 Å². The number of amides is 3. The van der Waals surface area contributed by atoms with E-state index in [-0.39, 0.29) is 11.9 Å². The molecule has 1 unspecified atom stereocenters. The molecule has 0 spiro atoms. The van der Waals surface area contributed by atoms with Crippen molar-refractivity contribution in [2.45, 2.75) is 39.7 Å². The van der Waals surface area contributed by atoms with Gasteiger partial charge >= 0.3 is 6.03 Å². The number of ether oxygens (including phenoxy) is 1. The zero-order valence-electron chi connectivity index (χ0n) is 20.7. The number of allylic oxidation sites excluding steroid dienone is 1. The first-order valence-corrected chi connectivity index (χ1v) is 11.7. The molecule has 0 saturated carbocycles. The van der Waals surface area contributed by atoms with Gasteiger partial charge in [-0.25, -0.2) is 9.48 Å². The van der Waals surface area contributed by atoms with Crippen molar-refractivity contribution in [2.24, 2.45) is 5.73 Å². The molecule has 5 N–H and O–H groups in total. The summed E-state index contributed by atoms with van der Waals surface area (Å²) in [5.41, 5.74) is 9.61. The fourth-order valence-electron chi connectivity index (χ4n) is 3.71. The minimum absolute atomic E-state index is 0.207. The molecular formula is C27H30N6O3. The SMILES string of the molecule is Cc1cccc(-n2nc(C(C)C)cc2NC(=O)Nc2ccc(OC3=CC(C(N)=O)NC=C3)c(C)c2)c1. The second-order valence-electron chi connectivity index (χ2n) is 8.97. The van der Waals surface area contributed by atoms with E-state index in [4.69, 9.17) is 15.6 Å². The Morgan fingerprint density at radius 2 is 1.92 bits per heavy atom. The highest BCUT2D eigenvalue weighted by Gasteiger charge is 2.17. The monoisotopic (exact) mass is 486 g/mol. The average Bonchev–Trinajstić information content (AvgIpc) is 3.25. The number of hydrogen-bond acceptors (Lipinski definition) is 5. The predicted octanol–water partition coefficient (Wildman–Crippen LogP) is 4.49. The minimum atomic E-state index is -0.626. The van der Waals surface area contributed by atoms with E-state index in [9.17, 15) is 9.59 Å². The summed E-state index contributed by atoms with van der Waals surface area (Å²) in [6.07, 6.45) is 4.94. The van der Waals surface area contributed by atoms with Crippen LogP contribution < -0.4 is 26.4 Å². The lowest BCUT2D eigenvalue weighted by Gasteiger charge is -2.17. The third-order valence-corrected chi connectivity index (χ3v) is 5.63. The first kappa shape index (κ1) is 24.6. The number of nitrogens with one attached hydrogen (secondary N) is 3. The van der Waals surface area contributed by atoms with Crippen molar-refractivity contribution in [1.82, 2.24) is 15.1 Å². The third-order valence-electron chi connectivity index (χ3n) is 5.63. The Kier molecular flexibility index (Phi) is 7.10. The number of nitrogens with two attached hydrogens (primary N) is 1. The highest BCUT2D eigenvalue weighted by Crippen LogP contribution is 2.26. The van der Waals surface area contributed by atoms with Crippen LogP contribution in [0.2, 0.25) is 0 Å². The first-order chi connectivity index (χ1) is 17.2. The highest BCUT2D eigenvalue weighted by atomic mass is 16.5. The van der Waals surface area contributed by atoms with Gasteiger partial charge in [-0.05, 0) is 73.4 Å². The lowest BCUT2D eigenvalue weighted by Crippen LogP contribution is -2.38. The molecule has 0 saturated heterocycles. The van der Waals surface area contributed by atoms with Gasteiger partial charge in [0.1, 0.15) is 23.4 Å². The van der Waals surface area contributed by atoms with Crippen LogP contribution in [-0.2, 0) is 4.79 Å². The molecule has 1 aliphatic rings. The summed E-state index contributed by atoms with van der Waals surface area (Å²) < 4.78 is 7.65. The predicted molar refractivity (Wildman–Crippen MR) is 140 cm³/mol. The second-order valence-corrected chi connectivity index (χ2v) is 8.97. The van der Waals surface area contributed by atoms with Crippen LogP contribution in [0.3, 0.4) is 0 Å². The van der Waals surface area contributed by atoms with Gasteiger partial charge in [-0.15, -0.1) is 0 Å². The van der Waals surface area contributed by atoms with E-state index >= 15 is 0 Å². The van der Waals surface area contributed by atoms with E-state index in [1.165, 1.54) is 0 Å². The van der Waals surface area contributed by atoms with Crippen molar-refractivity contribution in [1.29, 1.82) is 0 Å². The van der Waals surface area contributed by atoms with Crippen molar-refractivity contribution in [2.75, 3.05) is 10.6 Å². The molecule has 1 aliphatic heterocycles. The largest absolute Gasteiger partial charge is 0.457 e. The summed E-state index contributed by atoms with van der Waals surface area (Å²) in [5.74, 6) is 1.39. The number of nitrogens with zero attached hydrogens (tertiary/aromatic N) is 2. The molecule has 186 valence electrons. The van der Waals surface area contributed by atoms with Crippen molar-refractivity contribution in [3.8, 4) is 11.4 Å². The van der Waals surface area contributed by atoms with Crippen LogP contribution in [0.1, 0.15) is 36.6 Å². The van der Waals surface area contributed by atoms with Crippen LogP contribution in [0.25, 0.3) is 5.69 Å². The Balaban J connectivity index is 1.47. The molecule has 2 heterocycles. The van der Waals surface area contributed by atoms with E-state index in [1.807, 2.05) is 50.2 Å².